The Bertz CT molecular complexity index is 1950. The molecule has 20 N–H and O–H groups in total. The number of hydrogen-bond acceptors (Lipinski definition) is 18. The van der Waals surface area contributed by atoms with Gasteiger partial charge in [0.1, 0.15) is 24.7 Å². The smallest absolute Gasteiger partial charge is 0.335 e. The molecule has 1 aliphatic rings. The van der Waals surface area contributed by atoms with Gasteiger partial charge in [0, 0.05) is 19.1 Å². The van der Waals surface area contributed by atoms with Crippen LogP contribution in [-0.4, -0.2) is 182 Å². The van der Waals surface area contributed by atoms with E-state index in [4.69, 9.17) is 21.9 Å². The molecule has 0 bridgehead atoms. The largest absolute Gasteiger partial charge is 0.504 e. The van der Waals surface area contributed by atoms with Gasteiger partial charge in [-0.15, -0.1) is 0 Å². The lowest BCUT2D eigenvalue weighted by Gasteiger charge is -2.25. The minimum atomic E-state index is -2.73. The molecule has 0 spiro atoms. The minimum Gasteiger partial charge on any atom is -0.504 e. The van der Waals surface area contributed by atoms with Gasteiger partial charge in [-0.3, -0.25) is 38.6 Å². The number of aromatic hydroxyl groups is 2. The number of rotatable bonds is 18. The summed E-state index contributed by atoms with van der Waals surface area (Å²) in [5.74, 6) is -15.5. The molecule has 1 aromatic carbocycles. The Hall–Kier alpha value is -7.37. The summed E-state index contributed by atoms with van der Waals surface area (Å²) in [5.41, 5.74) is 16.5. The molecule has 7 amide bonds. The van der Waals surface area contributed by atoms with Crippen LogP contribution in [0, 0.1) is 0 Å². The number of carbonyl (C=O) groups excluding carboxylic acids is 8. The number of aliphatic carboxylic acids is 2. The molecule has 0 aromatic heterocycles. The fraction of sp³-hybridized carbons (Fsp3) is 0.528. The van der Waals surface area contributed by atoms with E-state index in [2.05, 4.69) is 26.3 Å². The van der Waals surface area contributed by atoms with Crippen LogP contribution in [0.25, 0.3) is 0 Å². The van der Waals surface area contributed by atoms with Crippen molar-refractivity contribution in [3.63, 3.8) is 0 Å². The summed E-state index contributed by atoms with van der Waals surface area (Å²) in [7, 11) is 0. The molecule has 8 unspecified atom stereocenters. The van der Waals surface area contributed by atoms with Gasteiger partial charge in [-0.25, -0.2) is 14.4 Å². The van der Waals surface area contributed by atoms with Crippen LogP contribution in [0.4, 0.5) is 0 Å². The Morgan fingerprint density at radius 3 is 2.06 bits per heavy atom. The van der Waals surface area contributed by atoms with Crippen LogP contribution in [0.15, 0.2) is 23.2 Å². The number of carboxylic acid groups (broad SMARTS) is 2. The van der Waals surface area contributed by atoms with Gasteiger partial charge in [-0.05, 0) is 37.8 Å². The molecular formula is C36H53N11O18. The number of amides is 7. The maximum absolute atomic E-state index is 13.4. The number of nitrogens with two attached hydrogens (primary N) is 3. The van der Waals surface area contributed by atoms with E-state index in [1.165, 1.54) is 18.2 Å². The number of phenols is 2. The number of aliphatic hydroxyl groups is 3. The lowest BCUT2D eigenvalue weighted by atomic mass is 10.0. The first kappa shape index (κ1) is 53.8. The van der Waals surface area contributed by atoms with Gasteiger partial charge >= 0.3 is 17.9 Å². The second-order valence-electron chi connectivity index (χ2n) is 14.2. The second-order valence-corrected chi connectivity index (χ2v) is 14.2. The number of aliphatic hydroxyl groups excluding tert-OH is 3. The normalized spacial score (nSPS) is 21.0. The fourth-order valence-electron chi connectivity index (χ4n) is 5.65. The zero-order valence-electron chi connectivity index (χ0n) is 34.4. The number of carbonyl (C=O) groups is 10. The summed E-state index contributed by atoms with van der Waals surface area (Å²) in [6, 6.07) is -5.58. The molecule has 0 radical (unpaired) electrons. The molecule has 0 saturated carbocycles. The predicted molar refractivity (Wildman–Crippen MR) is 216 cm³/mol. The highest BCUT2D eigenvalue weighted by atomic mass is 16.5. The Labute approximate surface area is 367 Å². The molecule has 29 nitrogen and oxygen atoms in total. The molecule has 65 heavy (non-hydrogen) atoms. The molecule has 360 valence electrons. The van der Waals surface area contributed by atoms with Crippen molar-refractivity contribution in [2.75, 3.05) is 32.8 Å². The second kappa shape index (κ2) is 26.3. The van der Waals surface area contributed by atoms with Crippen molar-refractivity contribution in [3.8, 4) is 11.5 Å². The lowest BCUT2D eigenvalue weighted by Crippen LogP contribution is -2.60. The van der Waals surface area contributed by atoms with E-state index < -0.39 is 145 Å². The Balaban J connectivity index is 2.28. The summed E-state index contributed by atoms with van der Waals surface area (Å²) in [6.07, 6.45) is -7.28. The number of nitrogens with zero attached hydrogens (tertiary/aromatic N) is 1. The Kier molecular flexibility index (Phi) is 21.8. The molecule has 1 heterocycles. The van der Waals surface area contributed by atoms with Crippen LogP contribution in [0.2, 0.25) is 0 Å². The van der Waals surface area contributed by atoms with Crippen LogP contribution in [0.5, 0.6) is 11.5 Å². The van der Waals surface area contributed by atoms with Crippen LogP contribution in [0.1, 0.15) is 48.9 Å². The zero-order valence-corrected chi connectivity index (χ0v) is 34.4. The van der Waals surface area contributed by atoms with Crippen molar-refractivity contribution in [1.82, 2.24) is 37.2 Å². The van der Waals surface area contributed by atoms with Crippen LogP contribution >= 0.6 is 0 Å². The summed E-state index contributed by atoms with van der Waals surface area (Å²) >= 11 is 0. The lowest BCUT2D eigenvalue weighted by molar-refractivity contribution is -0.161. The quantitative estimate of drug-likeness (QED) is 0.0214. The van der Waals surface area contributed by atoms with Crippen LogP contribution in [-0.2, 0) is 47.9 Å². The van der Waals surface area contributed by atoms with Crippen LogP contribution in [0.3, 0.4) is 0 Å². The van der Waals surface area contributed by atoms with Crippen molar-refractivity contribution in [2.24, 2.45) is 22.2 Å². The van der Waals surface area contributed by atoms with E-state index in [0.717, 1.165) is 0 Å². The van der Waals surface area contributed by atoms with Gasteiger partial charge in [0.2, 0.25) is 35.4 Å². The van der Waals surface area contributed by atoms with Gasteiger partial charge in [-0.2, -0.15) is 0 Å². The van der Waals surface area contributed by atoms with E-state index in [9.17, 15) is 83.7 Å². The number of hydrogen-bond donors (Lipinski definition) is 17. The monoisotopic (exact) mass is 927 g/mol. The number of para-hydroxylation sites is 1. The summed E-state index contributed by atoms with van der Waals surface area (Å²) < 4.78 is 4.97. The standard InChI is InChI=1S/C36H53N11O18/c37-16(6-1-2-9-40-29(56)15-5-3-8-19(48)26(15)53)20(49)11-21(50)45-18-14-65-35(64)25(28(55)34(62)63)46-23(52)13-43-32(59)24(27(54)33(60)61)47-31(58)17(7-4-10-41-36(38)39)44-22(51)12-42-30(18)57/h3,5,8,16-18,20,24-25,27-28,48-49,53-55H,1-2,4,6-7,9-14,37H2,(H,40,56)(H,42,57)(H,43,59)(H,44,51)(H,45,50)(H,46,52)(H,47,58)(H,60,61)(H,62,63)(H4,38,39,41). The van der Waals surface area contributed by atoms with E-state index in [1.807, 2.05) is 10.6 Å². The number of ether oxygens (including phenoxy) is 1. The van der Waals surface area contributed by atoms with E-state index in [0.29, 0.717) is 12.8 Å². The van der Waals surface area contributed by atoms with E-state index in [1.54, 1.807) is 5.32 Å². The number of nitrogens with one attached hydrogen (secondary N) is 7. The summed E-state index contributed by atoms with van der Waals surface area (Å²) in [6.45, 7) is -3.33. The van der Waals surface area contributed by atoms with Gasteiger partial charge < -0.3 is 94.9 Å². The van der Waals surface area contributed by atoms with E-state index in [-0.39, 0.29) is 43.9 Å². The van der Waals surface area contributed by atoms with Crippen molar-refractivity contribution >= 4 is 65.2 Å². The maximum Gasteiger partial charge on any atom is 0.335 e. The average molecular weight is 928 g/mol. The molecule has 1 saturated heterocycles. The zero-order chi connectivity index (χ0) is 49.0. The molecule has 1 fully saturated rings. The third-order valence-electron chi connectivity index (χ3n) is 9.17. The highest BCUT2D eigenvalue weighted by molar-refractivity contribution is 5.99. The maximum atomic E-state index is 13.4. The van der Waals surface area contributed by atoms with E-state index >= 15 is 0 Å². The van der Waals surface area contributed by atoms with Gasteiger partial charge in [0.25, 0.3) is 5.91 Å². The van der Waals surface area contributed by atoms with Gasteiger partial charge in [0.05, 0.1) is 31.2 Å². The number of guanidine groups is 1. The highest BCUT2D eigenvalue weighted by Gasteiger charge is 2.38. The van der Waals surface area contributed by atoms with Crippen LogP contribution < -0.4 is 54.4 Å². The molecule has 1 aliphatic heterocycles. The third-order valence-corrected chi connectivity index (χ3v) is 9.17. The number of cyclic esters (lactones) is 1. The number of aliphatic imine (C=N–C) groups is 1. The number of benzene rings is 1. The molecule has 1 aromatic rings. The van der Waals surface area contributed by atoms with Gasteiger partial charge in [0.15, 0.2) is 35.7 Å². The average Bonchev–Trinajstić information content (AvgIpc) is 3.24. The molecule has 0 aliphatic carbocycles. The van der Waals surface area contributed by atoms with Gasteiger partial charge in [-0.1, -0.05) is 12.5 Å². The minimum absolute atomic E-state index is 0.0225. The molecule has 2 rings (SSSR count). The summed E-state index contributed by atoms with van der Waals surface area (Å²) in [4.78, 5) is 131. The molecule has 8 atom stereocenters. The first-order valence-electron chi connectivity index (χ1n) is 19.5. The predicted octanol–water partition coefficient (Wildman–Crippen LogP) is -8.25. The van der Waals surface area contributed by atoms with Crippen molar-refractivity contribution in [3.05, 3.63) is 23.8 Å². The Morgan fingerprint density at radius 1 is 0.815 bits per heavy atom. The fourth-order valence-corrected chi connectivity index (χ4v) is 5.65. The SMILES string of the molecule is NC(N)=NCCCC1NC(=O)CNC(=O)C(NC(=O)CC(O)C(N)CCCCNC(=O)c2cccc(O)c2O)COC(=O)C(C(O)C(=O)O)NC(=O)CNC(=O)C(C(O)C(=O)O)NC1=O. The first-order valence-corrected chi connectivity index (χ1v) is 19.5. The number of unbranched alkanes of at least 4 members (excludes halogenated alkanes) is 1. The van der Waals surface area contributed by atoms with Crippen molar-refractivity contribution in [2.45, 2.75) is 87.0 Å². The molecule has 29 heteroatoms. The Morgan fingerprint density at radius 2 is 1.43 bits per heavy atom. The third kappa shape index (κ3) is 18.1. The van der Waals surface area contributed by atoms with Crippen molar-refractivity contribution < 1.29 is 88.4 Å². The number of phenolic OH excluding ortho intramolecular Hbond substituents is 2. The topological polar surface area (TPSA) is 496 Å². The molecular weight excluding hydrogens is 874 g/mol. The summed E-state index contributed by atoms with van der Waals surface area (Å²) in [5, 5.41) is 83.9. The first-order chi connectivity index (χ1) is 30.5. The number of carboxylic acids is 2. The highest BCUT2D eigenvalue weighted by Crippen LogP contribution is 2.28. The number of esters is 1. The van der Waals surface area contributed by atoms with Crippen molar-refractivity contribution in [1.29, 1.82) is 0 Å².